The highest BCUT2D eigenvalue weighted by Crippen LogP contribution is 2.22. The first-order chi connectivity index (χ1) is 13.5. The second-order valence-corrected chi connectivity index (χ2v) is 7.55. The average Bonchev–Trinajstić information content (AvgIpc) is 3.17. The number of benzene rings is 2. The predicted molar refractivity (Wildman–Crippen MR) is 111 cm³/mol. The molecule has 0 bridgehead atoms. The number of ether oxygens (including phenoxy) is 1. The summed E-state index contributed by atoms with van der Waals surface area (Å²) >= 11 is 4.35. The van der Waals surface area contributed by atoms with E-state index < -0.39 is 10.8 Å². The van der Waals surface area contributed by atoms with Crippen LogP contribution in [0.4, 0.5) is 5.00 Å². The highest BCUT2D eigenvalue weighted by atomic mass is 79.9. The maximum absolute atomic E-state index is 12.4. The van der Waals surface area contributed by atoms with Gasteiger partial charge in [-0.25, -0.2) is 5.43 Å². The van der Waals surface area contributed by atoms with E-state index in [9.17, 15) is 14.9 Å². The van der Waals surface area contributed by atoms with Crippen LogP contribution in [0.1, 0.15) is 20.8 Å². The quantitative estimate of drug-likeness (QED) is 0.313. The molecule has 0 aliphatic carbocycles. The van der Waals surface area contributed by atoms with Gasteiger partial charge in [-0.05, 0) is 35.9 Å². The molecule has 0 aliphatic heterocycles. The third-order valence-electron chi connectivity index (χ3n) is 3.59. The van der Waals surface area contributed by atoms with E-state index in [0.717, 1.165) is 21.4 Å². The molecule has 0 fully saturated rings. The largest absolute Gasteiger partial charge is 0.488 e. The Labute approximate surface area is 172 Å². The van der Waals surface area contributed by atoms with Crippen LogP contribution in [0.5, 0.6) is 5.75 Å². The van der Waals surface area contributed by atoms with Gasteiger partial charge in [-0.3, -0.25) is 14.9 Å². The molecule has 0 radical (unpaired) electrons. The Bertz CT molecular complexity index is 1020. The number of nitrogens with one attached hydrogen (secondary N) is 1. The number of hydrogen-bond donors (Lipinski definition) is 1. The number of hydrazone groups is 1. The van der Waals surface area contributed by atoms with Crippen LogP contribution < -0.4 is 10.2 Å². The van der Waals surface area contributed by atoms with Gasteiger partial charge in [0.15, 0.2) is 0 Å². The molecular formula is C19H14BrN3O4S. The summed E-state index contributed by atoms with van der Waals surface area (Å²) in [7, 11) is 0. The van der Waals surface area contributed by atoms with Crippen molar-refractivity contribution in [2.24, 2.45) is 5.10 Å². The number of para-hydroxylation sites is 1. The van der Waals surface area contributed by atoms with E-state index in [-0.39, 0.29) is 5.00 Å². The van der Waals surface area contributed by atoms with Crippen LogP contribution in [0, 0.1) is 10.1 Å². The molecule has 0 atom stereocenters. The third kappa shape index (κ3) is 5.24. The molecule has 2 aromatic carbocycles. The molecule has 9 heteroatoms. The predicted octanol–water partition coefficient (Wildman–Crippen LogP) is 4.76. The van der Waals surface area contributed by atoms with Gasteiger partial charge in [0.25, 0.3) is 5.91 Å². The summed E-state index contributed by atoms with van der Waals surface area (Å²) in [6, 6.07) is 17.5. The van der Waals surface area contributed by atoms with E-state index in [1.807, 2.05) is 24.3 Å². The number of nitrogens with zero attached hydrogens (tertiary/aromatic N) is 2. The molecule has 1 amide bonds. The maximum Gasteiger partial charge on any atom is 0.324 e. The van der Waals surface area contributed by atoms with Crippen molar-refractivity contribution in [3.8, 4) is 5.75 Å². The second-order valence-electron chi connectivity index (χ2n) is 5.54. The Morgan fingerprint density at radius 2 is 1.93 bits per heavy atom. The van der Waals surface area contributed by atoms with E-state index in [2.05, 4.69) is 26.5 Å². The van der Waals surface area contributed by atoms with Crippen molar-refractivity contribution >= 4 is 44.4 Å². The van der Waals surface area contributed by atoms with Crippen LogP contribution in [0.2, 0.25) is 0 Å². The molecular weight excluding hydrogens is 446 g/mol. The van der Waals surface area contributed by atoms with Crippen LogP contribution in [0.25, 0.3) is 0 Å². The third-order valence-corrected chi connectivity index (χ3v) is 5.09. The van der Waals surface area contributed by atoms with Gasteiger partial charge in [0.1, 0.15) is 12.4 Å². The van der Waals surface area contributed by atoms with E-state index in [0.29, 0.717) is 22.8 Å². The molecule has 142 valence electrons. The zero-order valence-corrected chi connectivity index (χ0v) is 16.8. The lowest BCUT2D eigenvalue weighted by Crippen LogP contribution is -2.18. The monoisotopic (exact) mass is 459 g/mol. The summed E-state index contributed by atoms with van der Waals surface area (Å²) in [4.78, 5) is 23.2. The van der Waals surface area contributed by atoms with Gasteiger partial charge in [0.05, 0.1) is 21.6 Å². The zero-order valence-electron chi connectivity index (χ0n) is 14.4. The highest BCUT2D eigenvalue weighted by molar-refractivity contribution is 9.10. The van der Waals surface area contributed by atoms with Gasteiger partial charge in [-0.1, -0.05) is 51.5 Å². The van der Waals surface area contributed by atoms with Crippen molar-refractivity contribution in [1.29, 1.82) is 0 Å². The van der Waals surface area contributed by atoms with E-state index in [1.54, 1.807) is 30.3 Å². The topological polar surface area (TPSA) is 93.8 Å². The Hall–Kier alpha value is -3.04. The van der Waals surface area contributed by atoms with Gasteiger partial charge in [0.2, 0.25) is 0 Å². The van der Waals surface area contributed by atoms with Gasteiger partial charge >= 0.3 is 5.00 Å². The fourth-order valence-electron chi connectivity index (χ4n) is 2.25. The number of carbonyl (C=O) groups excluding carboxylic acids is 1. The molecule has 0 aliphatic rings. The molecule has 1 aromatic heterocycles. The Morgan fingerprint density at radius 1 is 1.18 bits per heavy atom. The van der Waals surface area contributed by atoms with E-state index in [1.165, 1.54) is 12.3 Å². The number of amides is 1. The van der Waals surface area contributed by atoms with Crippen molar-refractivity contribution in [3.63, 3.8) is 0 Å². The Kier molecular flexibility index (Phi) is 6.51. The first kappa shape index (κ1) is 19.7. The summed E-state index contributed by atoms with van der Waals surface area (Å²) in [5.41, 5.74) is 3.72. The highest BCUT2D eigenvalue weighted by Gasteiger charge is 2.12. The van der Waals surface area contributed by atoms with Gasteiger partial charge in [-0.15, -0.1) is 0 Å². The van der Waals surface area contributed by atoms with Crippen LogP contribution in [-0.2, 0) is 6.61 Å². The number of halogens is 1. The fourth-order valence-corrected chi connectivity index (χ4v) is 3.20. The molecule has 1 heterocycles. The second kappa shape index (κ2) is 9.25. The molecule has 3 aromatic rings. The molecule has 0 saturated carbocycles. The summed E-state index contributed by atoms with van der Waals surface area (Å²) in [6.45, 7) is 0.319. The van der Waals surface area contributed by atoms with Crippen LogP contribution in [0.3, 0.4) is 0 Å². The fraction of sp³-hybridized carbons (Fsp3) is 0.0526. The lowest BCUT2D eigenvalue weighted by Gasteiger charge is -2.10. The molecule has 3 rings (SSSR count). The lowest BCUT2D eigenvalue weighted by atomic mass is 10.2. The standard InChI is InChI=1S/C19H14BrN3O4S/c20-14-7-5-13(6-8-14)12-27-17-4-2-1-3-16(17)19(24)22-21-11-15-9-10-18(28-15)23(25)26/h1-11H,12H2,(H,22,24)/b21-11-. The first-order valence-electron chi connectivity index (χ1n) is 8.07. The average molecular weight is 460 g/mol. The maximum atomic E-state index is 12.4. The summed E-state index contributed by atoms with van der Waals surface area (Å²) in [5.74, 6) is -0.00130. The van der Waals surface area contributed by atoms with Gasteiger partial charge in [0, 0.05) is 10.5 Å². The first-order valence-corrected chi connectivity index (χ1v) is 9.68. The molecule has 1 N–H and O–H groups in total. The Morgan fingerprint density at radius 3 is 2.64 bits per heavy atom. The van der Waals surface area contributed by atoms with Crippen molar-refractivity contribution in [3.05, 3.63) is 91.3 Å². The van der Waals surface area contributed by atoms with Crippen LogP contribution in [-0.4, -0.2) is 17.0 Å². The smallest absolute Gasteiger partial charge is 0.324 e. The van der Waals surface area contributed by atoms with Crippen molar-refractivity contribution < 1.29 is 14.5 Å². The zero-order chi connectivity index (χ0) is 19.9. The molecule has 7 nitrogen and oxygen atoms in total. The van der Waals surface area contributed by atoms with E-state index >= 15 is 0 Å². The number of rotatable bonds is 7. The number of hydrogen-bond acceptors (Lipinski definition) is 6. The van der Waals surface area contributed by atoms with Crippen LogP contribution in [0.15, 0.2) is 70.2 Å². The molecule has 0 saturated heterocycles. The van der Waals surface area contributed by atoms with E-state index in [4.69, 9.17) is 4.74 Å². The molecule has 0 unspecified atom stereocenters. The minimum Gasteiger partial charge on any atom is -0.488 e. The normalized spacial score (nSPS) is 10.8. The Balaban J connectivity index is 1.63. The van der Waals surface area contributed by atoms with Crippen molar-refractivity contribution in [1.82, 2.24) is 5.43 Å². The van der Waals surface area contributed by atoms with Crippen LogP contribution >= 0.6 is 27.3 Å². The molecule has 28 heavy (non-hydrogen) atoms. The lowest BCUT2D eigenvalue weighted by molar-refractivity contribution is -0.380. The van der Waals surface area contributed by atoms with Gasteiger partial charge < -0.3 is 4.74 Å². The number of carbonyl (C=O) groups is 1. The van der Waals surface area contributed by atoms with Crippen molar-refractivity contribution in [2.75, 3.05) is 0 Å². The van der Waals surface area contributed by atoms with Crippen molar-refractivity contribution in [2.45, 2.75) is 6.61 Å². The minimum absolute atomic E-state index is 0.0134. The summed E-state index contributed by atoms with van der Waals surface area (Å²) in [5, 5.41) is 14.6. The molecule has 0 spiro atoms. The SMILES string of the molecule is O=C(N/N=C\c1ccc([N+](=O)[O-])s1)c1ccccc1OCc1ccc(Br)cc1. The minimum atomic E-state index is -0.473. The van der Waals surface area contributed by atoms with Gasteiger partial charge in [-0.2, -0.15) is 5.10 Å². The number of nitro groups is 1. The summed E-state index contributed by atoms with van der Waals surface area (Å²) < 4.78 is 6.75. The summed E-state index contributed by atoms with van der Waals surface area (Å²) in [6.07, 6.45) is 1.36. The number of thiophene rings is 1.